The Balaban J connectivity index is 2.14. The van der Waals surface area contributed by atoms with Crippen molar-refractivity contribution in [3.05, 3.63) is 71.6 Å². The maximum absolute atomic E-state index is 2.20. The van der Waals surface area contributed by atoms with Crippen molar-refractivity contribution >= 4 is 5.69 Å². The smallest absolute Gasteiger partial charge is 0.0361 e. The number of hydrogen-bond acceptors (Lipinski definition) is 1. The van der Waals surface area contributed by atoms with E-state index in [1.807, 2.05) is 0 Å². The summed E-state index contributed by atoms with van der Waals surface area (Å²) in [6.45, 7) is 2.12. The summed E-state index contributed by atoms with van der Waals surface area (Å²) >= 11 is 0. The minimum absolute atomic E-state index is 1.23. The van der Waals surface area contributed by atoms with Crippen LogP contribution in [0.15, 0.2) is 48.5 Å². The Bertz CT molecular complexity index is 483. The van der Waals surface area contributed by atoms with Crippen LogP contribution in [0.25, 0.3) is 0 Å². The zero-order valence-corrected chi connectivity index (χ0v) is 10.6. The van der Waals surface area contributed by atoms with Crippen LogP contribution < -0.4 is 4.90 Å². The van der Waals surface area contributed by atoms with Gasteiger partial charge in [0.15, 0.2) is 0 Å². The highest BCUT2D eigenvalue weighted by molar-refractivity contribution is 5.49. The lowest BCUT2D eigenvalue weighted by Crippen LogP contribution is -2.08. The van der Waals surface area contributed by atoms with Gasteiger partial charge in [-0.3, -0.25) is 0 Å². The normalized spacial score (nSPS) is 10.3. The molecule has 0 atom stereocenters. The summed E-state index contributed by atoms with van der Waals surface area (Å²) in [5, 5.41) is 0. The summed E-state index contributed by atoms with van der Waals surface area (Å²) in [4.78, 5) is 2.11. The fourth-order valence-electron chi connectivity index (χ4n) is 1.82. The van der Waals surface area contributed by atoms with Crippen LogP contribution >= 0.6 is 0 Å². The highest BCUT2D eigenvalue weighted by Crippen LogP contribution is 2.17. The van der Waals surface area contributed by atoms with Crippen molar-refractivity contribution in [3.8, 4) is 0 Å². The van der Waals surface area contributed by atoms with E-state index in [0.29, 0.717) is 0 Å². The molecule has 1 radical (unpaired) electrons. The summed E-state index contributed by atoms with van der Waals surface area (Å²) in [6.07, 6.45) is 2.20. The van der Waals surface area contributed by atoms with Gasteiger partial charge in [0.05, 0.1) is 0 Å². The molecule has 0 aliphatic rings. The predicted molar refractivity (Wildman–Crippen MR) is 74.5 cm³/mol. The molecule has 1 heteroatoms. The molecule has 0 saturated carbocycles. The molecule has 0 amide bonds. The van der Waals surface area contributed by atoms with Gasteiger partial charge >= 0.3 is 0 Å². The van der Waals surface area contributed by atoms with Gasteiger partial charge < -0.3 is 4.90 Å². The third-order valence-electron chi connectivity index (χ3n) is 2.78. The zero-order chi connectivity index (χ0) is 12.3. The Morgan fingerprint density at radius 1 is 0.882 bits per heavy atom. The zero-order valence-electron chi connectivity index (χ0n) is 10.6. The molecule has 1 nitrogen and oxygen atoms in total. The number of aryl methyl sites for hydroxylation is 1. The third-order valence-corrected chi connectivity index (χ3v) is 2.78. The summed E-state index contributed by atoms with van der Waals surface area (Å²) in [7, 11) is 4.11. The first-order valence-electron chi connectivity index (χ1n) is 5.84. The quantitative estimate of drug-likeness (QED) is 0.769. The van der Waals surface area contributed by atoms with E-state index in [2.05, 4.69) is 80.9 Å². The van der Waals surface area contributed by atoms with E-state index in [9.17, 15) is 0 Å². The van der Waals surface area contributed by atoms with Crippen molar-refractivity contribution in [2.45, 2.75) is 6.92 Å². The molecule has 2 aromatic carbocycles. The maximum Gasteiger partial charge on any atom is 0.0361 e. The monoisotopic (exact) mass is 224 g/mol. The van der Waals surface area contributed by atoms with Crippen molar-refractivity contribution in [3.63, 3.8) is 0 Å². The van der Waals surface area contributed by atoms with E-state index in [-0.39, 0.29) is 0 Å². The number of nitrogens with zero attached hydrogens (tertiary/aromatic N) is 1. The molecular formula is C16H18N. The number of anilines is 1. The lowest BCUT2D eigenvalue weighted by atomic mass is 10.0. The Kier molecular flexibility index (Phi) is 3.48. The van der Waals surface area contributed by atoms with E-state index in [1.54, 1.807) is 0 Å². The van der Waals surface area contributed by atoms with Gasteiger partial charge in [-0.05, 0) is 30.2 Å². The lowest BCUT2D eigenvalue weighted by molar-refractivity contribution is 1.13. The van der Waals surface area contributed by atoms with Gasteiger partial charge in [-0.1, -0.05) is 42.0 Å². The van der Waals surface area contributed by atoms with Crippen molar-refractivity contribution in [2.24, 2.45) is 0 Å². The Morgan fingerprint density at radius 3 is 2.18 bits per heavy atom. The van der Waals surface area contributed by atoms with E-state index in [1.165, 1.54) is 22.4 Å². The summed E-state index contributed by atoms with van der Waals surface area (Å²) in [6, 6.07) is 17.1. The maximum atomic E-state index is 2.20. The second-order valence-corrected chi connectivity index (χ2v) is 4.54. The minimum Gasteiger partial charge on any atom is -0.378 e. The standard InChI is InChI=1S/C16H18N/c1-13-5-4-6-15(11-13)12-14-7-9-16(10-8-14)17(2)3/h4-12H,1-3H3. The largest absolute Gasteiger partial charge is 0.378 e. The highest BCUT2D eigenvalue weighted by Gasteiger charge is 1.99. The van der Waals surface area contributed by atoms with Crippen molar-refractivity contribution in [2.75, 3.05) is 19.0 Å². The second-order valence-electron chi connectivity index (χ2n) is 4.54. The van der Waals surface area contributed by atoms with Crippen LogP contribution in [0.5, 0.6) is 0 Å². The first-order chi connectivity index (χ1) is 8.15. The van der Waals surface area contributed by atoms with Gasteiger partial charge in [-0.15, -0.1) is 0 Å². The molecule has 2 aromatic rings. The molecule has 0 bridgehead atoms. The van der Waals surface area contributed by atoms with Crippen molar-refractivity contribution < 1.29 is 0 Å². The molecule has 17 heavy (non-hydrogen) atoms. The Labute approximate surface area is 104 Å². The lowest BCUT2D eigenvalue weighted by Gasteiger charge is -2.12. The van der Waals surface area contributed by atoms with Gasteiger partial charge in [0.2, 0.25) is 0 Å². The molecule has 0 fully saturated rings. The van der Waals surface area contributed by atoms with Gasteiger partial charge in [-0.25, -0.2) is 0 Å². The Hall–Kier alpha value is -1.76. The minimum atomic E-state index is 1.23. The number of benzene rings is 2. The van der Waals surface area contributed by atoms with E-state index < -0.39 is 0 Å². The molecule has 0 saturated heterocycles. The summed E-state index contributed by atoms with van der Waals surface area (Å²) in [5.74, 6) is 0. The molecule has 0 aliphatic heterocycles. The first kappa shape index (κ1) is 11.7. The van der Waals surface area contributed by atoms with Crippen LogP contribution in [0.4, 0.5) is 5.69 Å². The fourth-order valence-corrected chi connectivity index (χ4v) is 1.82. The molecule has 87 valence electrons. The van der Waals surface area contributed by atoms with E-state index >= 15 is 0 Å². The molecule has 0 heterocycles. The first-order valence-corrected chi connectivity index (χ1v) is 5.84. The van der Waals surface area contributed by atoms with Crippen LogP contribution in [0.3, 0.4) is 0 Å². The highest BCUT2D eigenvalue weighted by atomic mass is 15.1. The molecule has 0 spiro atoms. The van der Waals surface area contributed by atoms with E-state index in [0.717, 1.165) is 0 Å². The van der Waals surface area contributed by atoms with Crippen LogP contribution in [-0.4, -0.2) is 14.1 Å². The third kappa shape index (κ3) is 3.10. The predicted octanol–water partition coefficient (Wildman–Crippen LogP) is 3.66. The van der Waals surface area contributed by atoms with Gasteiger partial charge in [0, 0.05) is 26.2 Å². The van der Waals surface area contributed by atoms with Gasteiger partial charge in [-0.2, -0.15) is 0 Å². The van der Waals surface area contributed by atoms with Crippen molar-refractivity contribution in [1.82, 2.24) is 0 Å². The summed E-state index contributed by atoms with van der Waals surface area (Å²) < 4.78 is 0. The molecule has 0 unspecified atom stereocenters. The number of rotatable bonds is 3. The van der Waals surface area contributed by atoms with Crippen LogP contribution in [0.2, 0.25) is 0 Å². The average molecular weight is 224 g/mol. The molecule has 0 N–H and O–H groups in total. The van der Waals surface area contributed by atoms with Gasteiger partial charge in [0.1, 0.15) is 0 Å². The Morgan fingerprint density at radius 2 is 1.59 bits per heavy atom. The van der Waals surface area contributed by atoms with Crippen LogP contribution in [0.1, 0.15) is 16.7 Å². The van der Waals surface area contributed by atoms with Gasteiger partial charge in [0.25, 0.3) is 0 Å². The SMILES string of the molecule is Cc1cccc([CH]c2ccc(N(C)C)cc2)c1. The molecule has 2 rings (SSSR count). The van der Waals surface area contributed by atoms with Crippen LogP contribution in [0, 0.1) is 13.3 Å². The second kappa shape index (κ2) is 5.05. The van der Waals surface area contributed by atoms with Crippen molar-refractivity contribution in [1.29, 1.82) is 0 Å². The summed E-state index contributed by atoms with van der Waals surface area (Å²) in [5.41, 5.74) is 5.01. The van der Waals surface area contributed by atoms with E-state index in [4.69, 9.17) is 0 Å². The number of hydrogen-bond donors (Lipinski definition) is 0. The molecular weight excluding hydrogens is 206 g/mol. The topological polar surface area (TPSA) is 3.24 Å². The average Bonchev–Trinajstić information content (AvgIpc) is 2.29. The van der Waals surface area contributed by atoms with Crippen LogP contribution in [-0.2, 0) is 0 Å². The molecule has 0 aliphatic carbocycles. The molecule has 0 aromatic heterocycles. The fraction of sp³-hybridized carbons (Fsp3) is 0.188.